The molecule has 0 heteroatoms. The lowest BCUT2D eigenvalue weighted by molar-refractivity contribution is 0.589. The Morgan fingerprint density at radius 3 is 1.09 bits per heavy atom. The van der Waals surface area contributed by atoms with Crippen molar-refractivity contribution in [1.29, 1.82) is 0 Å². The van der Waals surface area contributed by atoms with Crippen LogP contribution in [0.3, 0.4) is 0 Å². The minimum absolute atomic E-state index is 0.178. The molecule has 22 heavy (non-hydrogen) atoms. The third-order valence-electron chi connectivity index (χ3n) is 4.22. The van der Waals surface area contributed by atoms with Gasteiger partial charge in [-0.25, -0.2) is 0 Å². The number of rotatable bonds is 1. The summed E-state index contributed by atoms with van der Waals surface area (Å²) in [6.45, 7) is 18.1. The van der Waals surface area contributed by atoms with E-state index in [0.717, 1.165) is 0 Å². The zero-order valence-electron chi connectivity index (χ0n) is 15.5. The molecule has 2 aromatic rings. The van der Waals surface area contributed by atoms with Gasteiger partial charge in [0.05, 0.1) is 0 Å². The zero-order valence-corrected chi connectivity index (χ0v) is 15.5. The first-order valence-electron chi connectivity index (χ1n) is 8.21. The van der Waals surface area contributed by atoms with E-state index >= 15 is 0 Å². The zero-order chi connectivity index (χ0) is 16.7. The molecule has 0 saturated heterocycles. The summed E-state index contributed by atoms with van der Waals surface area (Å²) in [4.78, 5) is 0. The molecule has 0 nitrogen and oxygen atoms in total. The predicted molar refractivity (Wildman–Crippen MR) is 98.8 cm³/mol. The lowest BCUT2D eigenvalue weighted by Crippen LogP contribution is -2.12. The number of hydrogen-bond acceptors (Lipinski definition) is 0. The van der Waals surface area contributed by atoms with Crippen LogP contribution >= 0.6 is 0 Å². The molecule has 0 N–H and O–H groups in total. The molecule has 118 valence electrons. The van der Waals surface area contributed by atoms with E-state index in [-0.39, 0.29) is 10.8 Å². The highest BCUT2D eigenvalue weighted by Crippen LogP contribution is 2.32. The number of hydrogen-bond donors (Lipinski definition) is 0. The Bertz CT molecular complexity index is 615. The first kappa shape index (κ1) is 16.8. The summed E-state index contributed by atoms with van der Waals surface area (Å²) in [5.41, 5.74) is 8.50. The van der Waals surface area contributed by atoms with Crippen LogP contribution in [0.5, 0.6) is 0 Å². The molecule has 0 aliphatic carbocycles. The maximum atomic E-state index is 2.36. The summed E-state index contributed by atoms with van der Waals surface area (Å²) in [5.74, 6) is 0. The minimum atomic E-state index is 0.178. The van der Waals surface area contributed by atoms with Gasteiger partial charge in [-0.1, -0.05) is 89.1 Å². The second-order valence-corrected chi connectivity index (χ2v) is 8.68. The number of aryl methyl sites for hydroxylation is 2. The third-order valence-corrected chi connectivity index (χ3v) is 4.22. The van der Waals surface area contributed by atoms with Crippen molar-refractivity contribution in [3.8, 4) is 11.1 Å². The van der Waals surface area contributed by atoms with Crippen LogP contribution in [0.2, 0.25) is 0 Å². The van der Waals surface area contributed by atoms with E-state index in [1.807, 2.05) is 0 Å². The summed E-state index contributed by atoms with van der Waals surface area (Å²) < 4.78 is 0. The average Bonchev–Trinajstić information content (AvgIpc) is 2.35. The van der Waals surface area contributed by atoms with Crippen LogP contribution < -0.4 is 0 Å². The van der Waals surface area contributed by atoms with Gasteiger partial charge in [0, 0.05) is 0 Å². The quantitative estimate of drug-likeness (QED) is 0.558. The smallest absolute Gasteiger partial charge is 0.0132 e. The molecule has 0 unspecified atom stereocenters. The molecule has 2 rings (SSSR count). The van der Waals surface area contributed by atoms with Crippen molar-refractivity contribution in [3.63, 3.8) is 0 Å². The summed E-state index contributed by atoms with van der Waals surface area (Å²) in [7, 11) is 0. The summed E-state index contributed by atoms with van der Waals surface area (Å²) in [5, 5.41) is 0. The fraction of sp³-hybridized carbons (Fsp3) is 0.455. The van der Waals surface area contributed by atoms with Crippen molar-refractivity contribution in [1.82, 2.24) is 0 Å². The van der Waals surface area contributed by atoms with E-state index < -0.39 is 0 Å². The first-order valence-corrected chi connectivity index (χ1v) is 8.21. The normalized spacial score (nSPS) is 12.5. The molecule has 0 bridgehead atoms. The van der Waals surface area contributed by atoms with Crippen molar-refractivity contribution in [2.75, 3.05) is 0 Å². The third kappa shape index (κ3) is 3.80. The highest BCUT2D eigenvalue weighted by atomic mass is 14.2. The molecular weight excluding hydrogens is 264 g/mol. The summed E-state index contributed by atoms with van der Waals surface area (Å²) in [6, 6.07) is 13.9. The van der Waals surface area contributed by atoms with Gasteiger partial charge in [-0.15, -0.1) is 0 Å². The van der Waals surface area contributed by atoms with Crippen molar-refractivity contribution in [3.05, 3.63) is 58.7 Å². The van der Waals surface area contributed by atoms with Crippen molar-refractivity contribution in [2.24, 2.45) is 0 Å². The van der Waals surface area contributed by atoms with Crippen molar-refractivity contribution < 1.29 is 0 Å². The van der Waals surface area contributed by atoms with E-state index in [4.69, 9.17) is 0 Å². The maximum absolute atomic E-state index is 2.36. The fourth-order valence-corrected chi connectivity index (χ4v) is 2.77. The molecule has 0 atom stereocenters. The van der Waals surface area contributed by atoms with Gasteiger partial charge in [0.1, 0.15) is 0 Å². The predicted octanol–water partition coefficient (Wildman–Crippen LogP) is 6.57. The maximum Gasteiger partial charge on any atom is -0.0132 e. The van der Waals surface area contributed by atoms with E-state index in [0.29, 0.717) is 0 Å². The highest BCUT2D eigenvalue weighted by molar-refractivity contribution is 5.67. The lowest BCUT2D eigenvalue weighted by atomic mass is 9.82. The van der Waals surface area contributed by atoms with E-state index in [9.17, 15) is 0 Å². The van der Waals surface area contributed by atoms with Gasteiger partial charge in [-0.05, 0) is 46.9 Å². The van der Waals surface area contributed by atoms with E-state index in [1.54, 1.807) is 0 Å². The largest absolute Gasteiger partial charge is 0.0561 e. The molecule has 0 aromatic heterocycles. The Hall–Kier alpha value is -1.56. The van der Waals surface area contributed by atoms with Crippen LogP contribution in [-0.4, -0.2) is 0 Å². The minimum Gasteiger partial charge on any atom is -0.0561 e. The molecule has 2 aromatic carbocycles. The molecule has 0 saturated carbocycles. The van der Waals surface area contributed by atoms with Crippen LogP contribution in [0.15, 0.2) is 36.4 Å². The van der Waals surface area contributed by atoms with Gasteiger partial charge in [0.15, 0.2) is 0 Å². The Kier molecular flexibility index (Phi) is 4.26. The van der Waals surface area contributed by atoms with Gasteiger partial charge in [0.25, 0.3) is 0 Å². The Morgan fingerprint density at radius 2 is 0.818 bits per heavy atom. The van der Waals surface area contributed by atoms with Gasteiger partial charge in [0.2, 0.25) is 0 Å². The SMILES string of the molecule is Cc1cc(-c2cc(C)cc(C(C)(C)C)c2)cc(C(C)(C)C)c1. The molecule has 0 aliphatic heterocycles. The standard InChI is InChI=1S/C22H30/c1-15-9-17(13-19(11-15)21(3,4)5)18-10-16(2)12-20(14-18)22(6,7)8/h9-14H,1-8H3. The highest BCUT2D eigenvalue weighted by Gasteiger charge is 2.17. The summed E-state index contributed by atoms with van der Waals surface area (Å²) >= 11 is 0. The fourth-order valence-electron chi connectivity index (χ4n) is 2.77. The monoisotopic (exact) mass is 294 g/mol. The topological polar surface area (TPSA) is 0 Å². The second-order valence-electron chi connectivity index (χ2n) is 8.68. The Labute approximate surface area is 136 Å². The van der Waals surface area contributed by atoms with Gasteiger partial charge in [-0.2, -0.15) is 0 Å². The second kappa shape index (κ2) is 5.57. The van der Waals surface area contributed by atoms with Crippen molar-refractivity contribution in [2.45, 2.75) is 66.2 Å². The molecule has 0 aliphatic rings. The Morgan fingerprint density at radius 1 is 0.500 bits per heavy atom. The van der Waals surface area contributed by atoms with Crippen LogP contribution in [-0.2, 0) is 10.8 Å². The van der Waals surface area contributed by atoms with Crippen LogP contribution in [0.4, 0.5) is 0 Å². The van der Waals surface area contributed by atoms with Crippen molar-refractivity contribution >= 4 is 0 Å². The van der Waals surface area contributed by atoms with E-state index in [1.165, 1.54) is 33.4 Å². The van der Waals surface area contributed by atoms with E-state index in [2.05, 4.69) is 91.8 Å². The molecular formula is C22H30. The molecule has 0 radical (unpaired) electrons. The van der Waals surface area contributed by atoms with Crippen LogP contribution in [0.1, 0.15) is 63.8 Å². The number of benzene rings is 2. The summed E-state index contributed by atoms with van der Waals surface area (Å²) in [6.07, 6.45) is 0. The average molecular weight is 294 g/mol. The molecule has 0 fully saturated rings. The van der Waals surface area contributed by atoms with Gasteiger partial charge < -0.3 is 0 Å². The Balaban J connectivity index is 2.62. The molecule has 0 spiro atoms. The van der Waals surface area contributed by atoms with Gasteiger partial charge in [-0.3, -0.25) is 0 Å². The van der Waals surface area contributed by atoms with Crippen LogP contribution in [0.25, 0.3) is 11.1 Å². The molecule has 0 heterocycles. The molecule has 0 amide bonds. The van der Waals surface area contributed by atoms with Crippen LogP contribution in [0, 0.1) is 13.8 Å². The first-order chi connectivity index (χ1) is 9.96. The lowest BCUT2D eigenvalue weighted by Gasteiger charge is -2.23. The van der Waals surface area contributed by atoms with Gasteiger partial charge >= 0.3 is 0 Å².